The summed E-state index contributed by atoms with van der Waals surface area (Å²) in [6, 6.07) is 14.4. The van der Waals surface area contributed by atoms with E-state index in [-0.39, 0.29) is 11.7 Å². The minimum atomic E-state index is 0.0334. The Bertz CT molecular complexity index is 576. The topological polar surface area (TPSA) is 17.1 Å². The number of carbonyl (C=O) groups excluding carboxylic acids is 1. The van der Waals surface area contributed by atoms with Crippen LogP contribution in [0.5, 0.6) is 0 Å². The summed E-state index contributed by atoms with van der Waals surface area (Å²) < 4.78 is 0. The van der Waals surface area contributed by atoms with Gasteiger partial charge in [0.1, 0.15) is 0 Å². The molecular formula is C15H12O. The largest absolute Gasteiger partial charge is 0.294 e. The van der Waals surface area contributed by atoms with Crippen molar-refractivity contribution in [2.24, 2.45) is 0 Å². The van der Waals surface area contributed by atoms with Gasteiger partial charge in [-0.25, -0.2) is 0 Å². The summed E-state index contributed by atoms with van der Waals surface area (Å²) in [5, 5.41) is 2.41. The predicted octanol–water partition coefficient (Wildman–Crippen LogP) is 3.45. The van der Waals surface area contributed by atoms with Crippen LogP contribution >= 0.6 is 0 Å². The molecular weight excluding hydrogens is 196 g/mol. The second-order valence-electron chi connectivity index (χ2n) is 4.16. The van der Waals surface area contributed by atoms with Crippen molar-refractivity contribution in [1.29, 1.82) is 0 Å². The molecule has 0 aromatic heterocycles. The fourth-order valence-electron chi connectivity index (χ4n) is 2.39. The Morgan fingerprint density at radius 3 is 2.62 bits per heavy atom. The van der Waals surface area contributed by atoms with Gasteiger partial charge in [-0.05, 0) is 28.8 Å². The van der Waals surface area contributed by atoms with Crippen LogP contribution in [0, 0.1) is 0 Å². The fourth-order valence-corrected chi connectivity index (χ4v) is 2.39. The molecule has 0 aliphatic heterocycles. The molecule has 0 amide bonds. The van der Waals surface area contributed by atoms with Gasteiger partial charge in [-0.1, -0.05) is 48.5 Å². The van der Waals surface area contributed by atoms with Gasteiger partial charge in [0.05, 0.1) is 5.92 Å². The molecule has 1 unspecified atom stereocenters. The van der Waals surface area contributed by atoms with Gasteiger partial charge in [-0.2, -0.15) is 0 Å². The van der Waals surface area contributed by atoms with E-state index in [2.05, 4.69) is 24.3 Å². The van der Waals surface area contributed by atoms with Crippen molar-refractivity contribution in [2.45, 2.75) is 12.3 Å². The summed E-state index contributed by atoms with van der Waals surface area (Å²) in [7, 11) is 0. The van der Waals surface area contributed by atoms with Crippen molar-refractivity contribution in [1.82, 2.24) is 0 Å². The van der Waals surface area contributed by atoms with Crippen LogP contribution in [0.15, 0.2) is 54.6 Å². The predicted molar refractivity (Wildman–Crippen MR) is 65.5 cm³/mol. The number of rotatable bonds is 1. The van der Waals surface area contributed by atoms with Gasteiger partial charge in [-0.15, -0.1) is 0 Å². The minimum absolute atomic E-state index is 0.0334. The molecule has 1 aliphatic rings. The maximum atomic E-state index is 11.7. The van der Waals surface area contributed by atoms with Crippen molar-refractivity contribution >= 4 is 16.6 Å². The molecule has 1 heteroatoms. The van der Waals surface area contributed by atoms with Crippen molar-refractivity contribution in [3.63, 3.8) is 0 Å². The molecule has 0 fully saturated rings. The summed E-state index contributed by atoms with van der Waals surface area (Å²) in [6.07, 6.45) is 4.51. The first kappa shape index (κ1) is 9.34. The third-order valence-corrected chi connectivity index (χ3v) is 3.20. The Kier molecular flexibility index (Phi) is 2.10. The molecule has 0 heterocycles. The lowest BCUT2D eigenvalue weighted by Gasteiger charge is -2.11. The highest BCUT2D eigenvalue weighted by Crippen LogP contribution is 2.31. The number of hydrogen-bond acceptors (Lipinski definition) is 1. The van der Waals surface area contributed by atoms with Gasteiger partial charge in [0, 0.05) is 0 Å². The minimum Gasteiger partial charge on any atom is -0.294 e. The highest BCUT2D eigenvalue weighted by Gasteiger charge is 2.22. The molecule has 16 heavy (non-hydrogen) atoms. The number of carbonyl (C=O) groups is 1. The molecule has 0 radical (unpaired) electrons. The van der Waals surface area contributed by atoms with Crippen molar-refractivity contribution in [3.8, 4) is 0 Å². The van der Waals surface area contributed by atoms with Gasteiger partial charge in [0.15, 0.2) is 5.78 Å². The number of fused-ring (bicyclic) bond motifs is 1. The second-order valence-corrected chi connectivity index (χ2v) is 4.16. The lowest BCUT2D eigenvalue weighted by atomic mass is 9.91. The zero-order chi connectivity index (χ0) is 11.0. The molecule has 2 aromatic rings. The van der Waals surface area contributed by atoms with E-state index in [1.54, 1.807) is 6.08 Å². The van der Waals surface area contributed by atoms with Crippen molar-refractivity contribution in [2.75, 3.05) is 0 Å². The van der Waals surface area contributed by atoms with Gasteiger partial charge >= 0.3 is 0 Å². The summed E-state index contributed by atoms with van der Waals surface area (Å²) >= 11 is 0. The average Bonchev–Trinajstić information content (AvgIpc) is 2.75. The van der Waals surface area contributed by atoms with E-state index in [4.69, 9.17) is 0 Å². The van der Waals surface area contributed by atoms with E-state index in [1.165, 1.54) is 10.8 Å². The molecule has 0 saturated carbocycles. The molecule has 2 aromatic carbocycles. The van der Waals surface area contributed by atoms with E-state index >= 15 is 0 Å². The van der Waals surface area contributed by atoms with E-state index in [0.717, 1.165) is 12.0 Å². The van der Waals surface area contributed by atoms with Crippen LogP contribution in [0.25, 0.3) is 10.8 Å². The number of ketones is 1. The molecule has 1 atom stereocenters. The molecule has 0 saturated heterocycles. The lowest BCUT2D eigenvalue weighted by Crippen LogP contribution is -2.04. The van der Waals surface area contributed by atoms with E-state index in [9.17, 15) is 4.79 Å². The first-order valence-electron chi connectivity index (χ1n) is 5.54. The van der Waals surface area contributed by atoms with Crippen molar-refractivity contribution < 1.29 is 4.79 Å². The van der Waals surface area contributed by atoms with Gasteiger partial charge in [0.2, 0.25) is 0 Å². The highest BCUT2D eigenvalue weighted by molar-refractivity contribution is 6.01. The fraction of sp³-hybridized carbons (Fsp3) is 0.133. The summed E-state index contributed by atoms with van der Waals surface area (Å²) in [4.78, 5) is 11.7. The van der Waals surface area contributed by atoms with E-state index < -0.39 is 0 Å². The van der Waals surface area contributed by atoms with Crippen LogP contribution in [0.3, 0.4) is 0 Å². The summed E-state index contributed by atoms with van der Waals surface area (Å²) in [6.45, 7) is 0. The zero-order valence-corrected chi connectivity index (χ0v) is 8.89. The summed E-state index contributed by atoms with van der Waals surface area (Å²) in [5.74, 6) is 0.266. The quantitative estimate of drug-likeness (QED) is 0.701. The maximum absolute atomic E-state index is 11.7. The molecule has 78 valence electrons. The zero-order valence-electron chi connectivity index (χ0n) is 8.89. The third kappa shape index (κ3) is 1.36. The Morgan fingerprint density at radius 1 is 1.00 bits per heavy atom. The standard InChI is InChI=1S/C15H12O/c16-15-10-4-9-14(15)13-8-3-6-11-5-1-2-7-12(11)13/h1-8,10,14H,9H2. The second kappa shape index (κ2) is 3.60. The summed E-state index contributed by atoms with van der Waals surface area (Å²) in [5.41, 5.74) is 1.16. The number of benzene rings is 2. The maximum Gasteiger partial charge on any atom is 0.163 e. The monoisotopic (exact) mass is 208 g/mol. The highest BCUT2D eigenvalue weighted by atomic mass is 16.1. The van der Waals surface area contributed by atoms with Gasteiger partial charge in [-0.3, -0.25) is 4.79 Å². The number of allylic oxidation sites excluding steroid dienone is 2. The van der Waals surface area contributed by atoms with Gasteiger partial charge < -0.3 is 0 Å². The molecule has 0 N–H and O–H groups in total. The van der Waals surface area contributed by atoms with Crippen LogP contribution < -0.4 is 0 Å². The van der Waals surface area contributed by atoms with Crippen molar-refractivity contribution in [3.05, 3.63) is 60.2 Å². The molecule has 0 spiro atoms. The third-order valence-electron chi connectivity index (χ3n) is 3.20. The van der Waals surface area contributed by atoms with E-state index in [0.29, 0.717) is 0 Å². The average molecular weight is 208 g/mol. The van der Waals surface area contributed by atoms with Crippen LogP contribution in [0.1, 0.15) is 17.9 Å². The molecule has 0 bridgehead atoms. The number of hydrogen-bond donors (Lipinski definition) is 0. The van der Waals surface area contributed by atoms with Crippen LogP contribution in [-0.4, -0.2) is 5.78 Å². The Labute approximate surface area is 94.4 Å². The Morgan fingerprint density at radius 2 is 1.81 bits per heavy atom. The first-order chi connectivity index (χ1) is 7.86. The van der Waals surface area contributed by atoms with Gasteiger partial charge in [0.25, 0.3) is 0 Å². The normalized spacial score (nSPS) is 19.5. The lowest BCUT2D eigenvalue weighted by molar-refractivity contribution is -0.115. The first-order valence-corrected chi connectivity index (χ1v) is 5.54. The van der Waals surface area contributed by atoms with Crippen LogP contribution in [-0.2, 0) is 4.79 Å². The SMILES string of the molecule is O=C1C=CCC1c1cccc2ccccc12. The smallest absolute Gasteiger partial charge is 0.163 e. The van der Waals surface area contributed by atoms with E-state index in [1.807, 2.05) is 24.3 Å². The molecule has 3 rings (SSSR count). The molecule has 1 aliphatic carbocycles. The molecule has 1 nitrogen and oxygen atoms in total. The Hall–Kier alpha value is -1.89. The Balaban J connectivity index is 2.20. The van der Waals surface area contributed by atoms with Crippen LogP contribution in [0.2, 0.25) is 0 Å². The van der Waals surface area contributed by atoms with Crippen LogP contribution in [0.4, 0.5) is 0 Å².